The summed E-state index contributed by atoms with van der Waals surface area (Å²) in [5.41, 5.74) is 1.45. The Morgan fingerprint density at radius 2 is 2.00 bits per heavy atom. The van der Waals surface area contributed by atoms with Gasteiger partial charge in [-0.3, -0.25) is 0 Å². The lowest BCUT2D eigenvalue weighted by Crippen LogP contribution is -2.19. The van der Waals surface area contributed by atoms with Gasteiger partial charge in [0, 0.05) is 25.4 Å². The molecule has 0 atom stereocenters. The molecule has 0 aromatic rings. The Bertz CT molecular complexity index is 171. The molecule has 1 rings (SSSR count). The molecule has 0 saturated carbocycles. The summed E-state index contributed by atoms with van der Waals surface area (Å²) in [6.45, 7) is 4.96. The molecule has 3 heteroatoms. The van der Waals surface area contributed by atoms with Gasteiger partial charge in [-0.1, -0.05) is 18.9 Å². The highest BCUT2D eigenvalue weighted by atomic mass is 35.5. The van der Waals surface area contributed by atoms with Crippen molar-refractivity contribution in [3.8, 4) is 0 Å². The zero-order valence-electron chi connectivity index (χ0n) is 9.04. The molecular formula is C11H22ClNO. The van der Waals surface area contributed by atoms with E-state index in [9.17, 15) is 0 Å². The number of aliphatic hydroxyl groups excluding tert-OH is 1. The number of halogens is 1. The first-order valence-corrected chi connectivity index (χ1v) is 5.37. The van der Waals surface area contributed by atoms with Crippen LogP contribution in [0.25, 0.3) is 0 Å². The zero-order chi connectivity index (χ0) is 9.52. The van der Waals surface area contributed by atoms with Crippen LogP contribution in [-0.2, 0) is 0 Å². The van der Waals surface area contributed by atoms with Gasteiger partial charge in [-0.05, 0) is 26.2 Å². The minimum absolute atomic E-state index is 0. The topological polar surface area (TPSA) is 23.5 Å². The van der Waals surface area contributed by atoms with E-state index in [0.717, 1.165) is 6.42 Å². The number of nitrogens with zero attached hydrogens (tertiary/aromatic N) is 1. The highest BCUT2D eigenvalue weighted by Crippen LogP contribution is 2.14. The molecule has 1 aliphatic rings. The van der Waals surface area contributed by atoms with Crippen LogP contribution in [0.1, 0.15) is 39.0 Å². The molecule has 0 radical (unpaired) electrons. The van der Waals surface area contributed by atoms with E-state index in [1.165, 1.54) is 44.5 Å². The van der Waals surface area contributed by atoms with Crippen LogP contribution in [0, 0.1) is 0 Å². The van der Waals surface area contributed by atoms with Crippen LogP contribution in [0.4, 0.5) is 0 Å². The fourth-order valence-corrected chi connectivity index (χ4v) is 1.79. The minimum atomic E-state index is 0. The number of aliphatic hydroxyl groups is 1. The molecule has 2 nitrogen and oxygen atoms in total. The summed E-state index contributed by atoms with van der Waals surface area (Å²) in [7, 11) is 0. The van der Waals surface area contributed by atoms with Gasteiger partial charge in [-0.15, -0.1) is 12.4 Å². The standard InChI is InChI=1S/C11H21NO.ClH/c1-11-7-6-9-12(11)8-4-2-3-5-10-13;/h7,13H,2-6,8-10H2,1H3;1H. The lowest BCUT2D eigenvalue weighted by Gasteiger charge is -2.19. The normalized spacial score (nSPS) is 15.3. The number of unbranched alkanes of at least 4 members (excludes halogenated alkanes) is 3. The maximum Gasteiger partial charge on any atom is 0.0431 e. The van der Waals surface area contributed by atoms with Gasteiger partial charge in [0.1, 0.15) is 0 Å². The number of allylic oxidation sites excluding steroid dienone is 1. The van der Waals surface area contributed by atoms with Crippen molar-refractivity contribution in [2.24, 2.45) is 0 Å². The van der Waals surface area contributed by atoms with Crippen LogP contribution in [0.15, 0.2) is 11.8 Å². The average molecular weight is 220 g/mol. The summed E-state index contributed by atoms with van der Waals surface area (Å²) in [4.78, 5) is 2.46. The van der Waals surface area contributed by atoms with E-state index in [1.54, 1.807) is 0 Å². The Hall–Kier alpha value is -0.210. The Morgan fingerprint density at radius 3 is 2.57 bits per heavy atom. The highest BCUT2D eigenvalue weighted by Gasteiger charge is 2.09. The fourth-order valence-electron chi connectivity index (χ4n) is 1.79. The smallest absolute Gasteiger partial charge is 0.0431 e. The van der Waals surface area contributed by atoms with E-state index in [2.05, 4.69) is 17.9 Å². The molecule has 0 amide bonds. The molecule has 14 heavy (non-hydrogen) atoms. The largest absolute Gasteiger partial charge is 0.396 e. The van der Waals surface area contributed by atoms with Crippen LogP contribution >= 0.6 is 12.4 Å². The van der Waals surface area contributed by atoms with E-state index < -0.39 is 0 Å². The lowest BCUT2D eigenvalue weighted by atomic mass is 10.2. The maximum absolute atomic E-state index is 8.60. The molecule has 0 saturated heterocycles. The number of hydrogen-bond donors (Lipinski definition) is 1. The Labute approximate surface area is 93.4 Å². The second kappa shape index (κ2) is 8.13. The first kappa shape index (κ1) is 13.8. The van der Waals surface area contributed by atoms with Crippen molar-refractivity contribution in [1.29, 1.82) is 0 Å². The van der Waals surface area contributed by atoms with Gasteiger partial charge in [-0.25, -0.2) is 0 Å². The summed E-state index contributed by atoms with van der Waals surface area (Å²) in [6, 6.07) is 0. The molecule has 1 N–H and O–H groups in total. The molecule has 0 aromatic carbocycles. The lowest BCUT2D eigenvalue weighted by molar-refractivity contribution is 0.280. The maximum atomic E-state index is 8.60. The van der Waals surface area contributed by atoms with Crippen molar-refractivity contribution in [1.82, 2.24) is 4.90 Å². The molecule has 0 aliphatic carbocycles. The number of rotatable bonds is 6. The summed E-state index contributed by atoms with van der Waals surface area (Å²) in [5.74, 6) is 0. The summed E-state index contributed by atoms with van der Waals surface area (Å²) >= 11 is 0. The van der Waals surface area contributed by atoms with Crippen LogP contribution in [0.3, 0.4) is 0 Å². The van der Waals surface area contributed by atoms with Gasteiger partial charge in [0.15, 0.2) is 0 Å². The molecule has 0 unspecified atom stereocenters. The zero-order valence-corrected chi connectivity index (χ0v) is 9.85. The predicted octanol–water partition coefficient (Wildman–Crippen LogP) is 2.57. The van der Waals surface area contributed by atoms with E-state index in [4.69, 9.17) is 5.11 Å². The Morgan fingerprint density at radius 1 is 1.29 bits per heavy atom. The van der Waals surface area contributed by atoms with Gasteiger partial charge >= 0.3 is 0 Å². The fraction of sp³-hybridized carbons (Fsp3) is 0.818. The molecule has 0 aromatic heterocycles. The van der Waals surface area contributed by atoms with E-state index >= 15 is 0 Å². The monoisotopic (exact) mass is 219 g/mol. The molecule has 84 valence electrons. The predicted molar refractivity (Wildman–Crippen MR) is 62.7 cm³/mol. The van der Waals surface area contributed by atoms with Crippen LogP contribution in [0.2, 0.25) is 0 Å². The Balaban J connectivity index is 0.00000169. The molecule has 0 bridgehead atoms. The van der Waals surface area contributed by atoms with Gasteiger partial charge in [0.05, 0.1) is 0 Å². The van der Waals surface area contributed by atoms with E-state index in [-0.39, 0.29) is 12.4 Å². The first-order valence-electron chi connectivity index (χ1n) is 5.37. The molecule has 0 spiro atoms. The van der Waals surface area contributed by atoms with Crippen LogP contribution in [0.5, 0.6) is 0 Å². The molecule has 1 heterocycles. The molecule has 0 fully saturated rings. The van der Waals surface area contributed by atoms with Gasteiger partial charge in [0.2, 0.25) is 0 Å². The number of hydrogen-bond acceptors (Lipinski definition) is 2. The third kappa shape index (κ3) is 4.87. The molecular weight excluding hydrogens is 198 g/mol. The van der Waals surface area contributed by atoms with Crippen molar-refractivity contribution in [3.63, 3.8) is 0 Å². The van der Waals surface area contributed by atoms with Crippen molar-refractivity contribution in [2.75, 3.05) is 19.7 Å². The van der Waals surface area contributed by atoms with Gasteiger partial charge in [0.25, 0.3) is 0 Å². The van der Waals surface area contributed by atoms with Gasteiger partial charge in [-0.2, -0.15) is 0 Å². The minimum Gasteiger partial charge on any atom is -0.396 e. The SMILES string of the molecule is CC1=CCCN1CCCCCCO.Cl. The first-order chi connectivity index (χ1) is 6.34. The van der Waals surface area contributed by atoms with E-state index in [0.29, 0.717) is 6.61 Å². The van der Waals surface area contributed by atoms with Crippen LogP contribution < -0.4 is 0 Å². The van der Waals surface area contributed by atoms with Crippen LogP contribution in [-0.4, -0.2) is 29.7 Å². The third-order valence-corrected chi connectivity index (χ3v) is 2.67. The summed E-state index contributed by atoms with van der Waals surface area (Å²) in [5, 5.41) is 8.60. The van der Waals surface area contributed by atoms with Crippen molar-refractivity contribution in [3.05, 3.63) is 11.8 Å². The second-order valence-electron chi connectivity index (χ2n) is 3.76. The quantitative estimate of drug-likeness (QED) is 0.695. The molecule has 1 aliphatic heterocycles. The second-order valence-corrected chi connectivity index (χ2v) is 3.76. The van der Waals surface area contributed by atoms with E-state index in [1.807, 2.05) is 0 Å². The highest BCUT2D eigenvalue weighted by molar-refractivity contribution is 5.85. The third-order valence-electron chi connectivity index (χ3n) is 2.67. The summed E-state index contributed by atoms with van der Waals surface area (Å²) in [6.07, 6.45) is 8.20. The van der Waals surface area contributed by atoms with Crippen molar-refractivity contribution >= 4 is 12.4 Å². The average Bonchev–Trinajstić information content (AvgIpc) is 2.52. The van der Waals surface area contributed by atoms with Crippen molar-refractivity contribution < 1.29 is 5.11 Å². The Kier molecular flexibility index (Phi) is 8.01. The van der Waals surface area contributed by atoms with Crippen molar-refractivity contribution in [2.45, 2.75) is 39.0 Å². The summed E-state index contributed by atoms with van der Waals surface area (Å²) < 4.78 is 0. The van der Waals surface area contributed by atoms with Gasteiger partial charge < -0.3 is 10.0 Å².